The quantitative estimate of drug-likeness (QED) is 0.236. The van der Waals surface area contributed by atoms with Crippen LogP contribution in [0.4, 0.5) is 0 Å². The topological polar surface area (TPSA) is 54.0 Å². The van der Waals surface area contributed by atoms with E-state index in [0.29, 0.717) is 38.4 Å². The lowest BCUT2D eigenvalue weighted by Gasteiger charge is -2.31. The van der Waals surface area contributed by atoms with Crippen molar-refractivity contribution in [1.82, 2.24) is 0 Å². The molecule has 0 spiro atoms. The van der Waals surface area contributed by atoms with Crippen LogP contribution in [-0.2, 0) is 12.8 Å². The number of allylic oxidation sites excluding steroid dienone is 1. The Morgan fingerprint density at radius 1 is 0.689 bits per heavy atom. The molecular weight excluding hydrogens is 560 g/mol. The van der Waals surface area contributed by atoms with Crippen LogP contribution in [0.15, 0.2) is 54.1 Å². The van der Waals surface area contributed by atoms with E-state index in [4.69, 9.17) is 18.9 Å². The summed E-state index contributed by atoms with van der Waals surface area (Å²) in [5.74, 6) is 2.92. The van der Waals surface area contributed by atoms with Gasteiger partial charge in [-0.3, -0.25) is 4.79 Å². The smallest absolute Gasteiger partial charge is 0.169 e. The summed E-state index contributed by atoms with van der Waals surface area (Å²) in [6, 6.07) is 17.2. The molecule has 0 aromatic heterocycles. The molecule has 0 bridgehead atoms. The molecule has 2 aliphatic carbocycles. The Labute approximate surface area is 264 Å². The predicted octanol–water partition coefficient (Wildman–Crippen LogP) is 8.57. The first-order chi connectivity index (χ1) is 21.7. The number of ketones is 1. The van der Waals surface area contributed by atoms with E-state index in [-0.39, 0.29) is 17.8 Å². The number of fused-ring (bicyclic) bond motifs is 4. The first-order valence-corrected chi connectivity index (χ1v) is 16.1. The van der Waals surface area contributed by atoms with Gasteiger partial charge in [0.25, 0.3) is 0 Å². The Hall–Kier alpha value is -4.51. The zero-order valence-corrected chi connectivity index (χ0v) is 26.6. The fourth-order valence-corrected chi connectivity index (χ4v) is 7.91. The van der Waals surface area contributed by atoms with Gasteiger partial charge in [0.2, 0.25) is 0 Å². The summed E-state index contributed by atoms with van der Waals surface area (Å²) in [6.07, 6.45) is 4.12. The molecule has 5 heteroatoms. The van der Waals surface area contributed by atoms with E-state index >= 15 is 0 Å². The summed E-state index contributed by atoms with van der Waals surface area (Å²) in [6.45, 7) is 12.0. The van der Waals surface area contributed by atoms with Crippen LogP contribution >= 0.6 is 0 Å². The predicted molar refractivity (Wildman–Crippen MR) is 177 cm³/mol. The molecule has 2 atom stereocenters. The first-order valence-electron chi connectivity index (χ1n) is 16.1. The van der Waals surface area contributed by atoms with Crippen LogP contribution in [0.5, 0.6) is 23.0 Å². The molecule has 0 saturated carbocycles. The second kappa shape index (κ2) is 10.5. The summed E-state index contributed by atoms with van der Waals surface area (Å²) >= 11 is 0. The Kier molecular flexibility index (Phi) is 6.56. The lowest BCUT2D eigenvalue weighted by molar-refractivity contribution is 0.0656. The number of carbonyl (C=O) groups is 1. The van der Waals surface area contributed by atoms with Gasteiger partial charge >= 0.3 is 0 Å². The number of Topliss-reactive ketones (excluding diaryl/α,β-unsaturated/α-hetero) is 1. The standard InChI is InChI=1S/C40H38O5/c1-21-8-22(2)12-27(11-21)36-31-15-25(5)10-26(31)18-34-40(36)45-30(20-44-34)16-29-17-32-33(38(29)41)19-35-39(43-7-6-42-35)37(32)28-13-23(3)9-24(4)14-28/h8-14,18-19,29-30H,6-7,15-17,20H2,1-5H3. The van der Waals surface area contributed by atoms with E-state index in [1.54, 1.807) is 0 Å². The number of ether oxygens (including phenoxy) is 4. The molecule has 2 unspecified atom stereocenters. The van der Waals surface area contributed by atoms with Crippen molar-refractivity contribution in [1.29, 1.82) is 0 Å². The van der Waals surface area contributed by atoms with Crippen LogP contribution in [0.2, 0.25) is 0 Å². The minimum Gasteiger partial charge on any atom is -0.486 e. The number of aryl methyl sites for hydroxylation is 4. The van der Waals surface area contributed by atoms with Gasteiger partial charge in [-0.15, -0.1) is 0 Å². The highest BCUT2D eigenvalue weighted by Crippen LogP contribution is 2.51. The van der Waals surface area contributed by atoms with Crippen LogP contribution in [0.25, 0.3) is 28.3 Å². The minimum absolute atomic E-state index is 0.144. The maximum absolute atomic E-state index is 14.1. The summed E-state index contributed by atoms with van der Waals surface area (Å²) in [5, 5.41) is 0. The van der Waals surface area contributed by atoms with Gasteiger partial charge < -0.3 is 18.9 Å². The molecule has 0 saturated heterocycles. The minimum atomic E-state index is -0.245. The van der Waals surface area contributed by atoms with Gasteiger partial charge in [0.05, 0.1) is 0 Å². The molecule has 0 fully saturated rings. The maximum Gasteiger partial charge on any atom is 0.169 e. The Bertz CT molecular complexity index is 1910. The molecule has 4 aromatic rings. The van der Waals surface area contributed by atoms with Crippen molar-refractivity contribution in [3.63, 3.8) is 0 Å². The van der Waals surface area contributed by atoms with E-state index in [9.17, 15) is 4.79 Å². The van der Waals surface area contributed by atoms with E-state index in [0.717, 1.165) is 57.1 Å². The van der Waals surface area contributed by atoms with Crippen molar-refractivity contribution in [3.8, 4) is 45.3 Å². The van der Waals surface area contributed by atoms with Gasteiger partial charge in [-0.2, -0.15) is 0 Å². The molecule has 228 valence electrons. The molecule has 0 N–H and O–H groups in total. The van der Waals surface area contributed by atoms with Crippen molar-refractivity contribution in [2.45, 2.75) is 60.0 Å². The van der Waals surface area contributed by atoms with E-state index in [1.807, 2.05) is 6.07 Å². The van der Waals surface area contributed by atoms with Crippen molar-refractivity contribution in [2.75, 3.05) is 19.8 Å². The SMILES string of the molecule is CC1=Cc2cc3c(c(-c4cc(C)cc(C)c4)c2C1)OC(CC1Cc2c(cc4c(c2-c2cc(C)cc(C)c2)OCCO4)C1=O)CO3. The van der Waals surface area contributed by atoms with Crippen molar-refractivity contribution < 1.29 is 23.7 Å². The number of hydrogen-bond donors (Lipinski definition) is 0. The van der Waals surface area contributed by atoms with Crippen LogP contribution < -0.4 is 18.9 Å². The van der Waals surface area contributed by atoms with E-state index in [1.165, 1.54) is 39.0 Å². The van der Waals surface area contributed by atoms with Gasteiger partial charge in [-0.1, -0.05) is 70.3 Å². The van der Waals surface area contributed by atoms with Crippen LogP contribution in [-0.4, -0.2) is 31.7 Å². The summed E-state index contributed by atoms with van der Waals surface area (Å²) in [4.78, 5) is 14.1. The summed E-state index contributed by atoms with van der Waals surface area (Å²) in [7, 11) is 0. The zero-order chi connectivity index (χ0) is 31.0. The van der Waals surface area contributed by atoms with E-state index < -0.39 is 0 Å². The molecule has 5 nitrogen and oxygen atoms in total. The van der Waals surface area contributed by atoms with Gasteiger partial charge in [-0.05, 0) is 93.8 Å². The third kappa shape index (κ3) is 4.80. The number of carbonyl (C=O) groups excluding carboxylic acids is 1. The van der Waals surface area contributed by atoms with Crippen molar-refractivity contribution in [2.24, 2.45) is 5.92 Å². The third-order valence-corrected chi connectivity index (χ3v) is 9.55. The number of hydrogen-bond acceptors (Lipinski definition) is 5. The average molecular weight is 599 g/mol. The van der Waals surface area contributed by atoms with Crippen molar-refractivity contribution >= 4 is 11.9 Å². The monoisotopic (exact) mass is 598 g/mol. The molecular formula is C40H38O5. The van der Waals surface area contributed by atoms with Crippen LogP contribution in [0, 0.1) is 33.6 Å². The molecule has 2 aliphatic heterocycles. The molecule has 8 rings (SSSR count). The normalized spacial score (nSPS) is 19.3. The zero-order valence-electron chi connectivity index (χ0n) is 26.6. The van der Waals surface area contributed by atoms with Crippen LogP contribution in [0.1, 0.15) is 62.6 Å². The second-order valence-corrected chi connectivity index (χ2v) is 13.4. The Balaban J connectivity index is 1.15. The first kappa shape index (κ1) is 28.0. The van der Waals surface area contributed by atoms with E-state index in [2.05, 4.69) is 83.2 Å². The summed E-state index contributed by atoms with van der Waals surface area (Å²) in [5.41, 5.74) is 14.7. The summed E-state index contributed by atoms with van der Waals surface area (Å²) < 4.78 is 25.5. The van der Waals surface area contributed by atoms with Gasteiger partial charge in [0, 0.05) is 22.6 Å². The number of benzene rings is 4. The van der Waals surface area contributed by atoms with Crippen LogP contribution in [0.3, 0.4) is 0 Å². The maximum atomic E-state index is 14.1. The number of rotatable bonds is 4. The lowest BCUT2D eigenvalue weighted by atomic mass is 9.91. The largest absolute Gasteiger partial charge is 0.486 e. The molecule has 2 heterocycles. The molecule has 0 radical (unpaired) electrons. The Morgan fingerprint density at radius 3 is 2.00 bits per heavy atom. The van der Waals surface area contributed by atoms with Gasteiger partial charge in [-0.25, -0.2) is 0 Å². The molecule has 4 aromatic carbocycles. The Morgan fingerprint density at radius 2 is 1.31 bits per heavy atom. The highest BCUT2D eigenvalue weighted by molar-refractivity contribution is 6.05. The third-order valence-electron chi connectivity index (χ3n) is 9.55. The van der Waals surface area contributed by atoms with Gasteiger partial charge in [0.1, 0.15) is 25.9 Å². The fourth-order valence-electron chi connectivity index (χ4n) is 7.91. The second-order valence-electron chi connectivity index (χ2n) is 13.4. The van der Waals surface area contributed by atoms with Gasteiger partial charge in [0.15, 0.2) is 28.8 Å². The molecule has 4 aliphatic rings. The highest BCUT2D eigenvalue weighted by atomic mass is 16.6. The molecule has 45 heavy (non-hydrogen) atoms. The van der Waals surface area contributed by atoms with Crippen molar-refractivity contribution in [3.05, 3.63) is 98.6 Å². The lowest BCUT2D eigenvalue weighted by Crippen LogP contribution is -2.33. The molecule has 0 amide bonds. The highest BCUT2D eigenvalue weighted by Gasteiger charge is 2.39. The fraction of sp³-hybridized carbons (Fsp3) is 0.325. The average Bonchev–Trinajstić information content (AvgIpc) is 3.51.